The summed E-state index contributed by atoms with van der Waals surface area (Å²) in [5.74, 6) is 0. The number of hydrogen-bond acceptors (Lipinski definition) is 6. The second-order valence-electron chi connectivity index (χ2n) is 10.1. The molecule has 0 aliphatic rings. The first-order valence-corrected chi connectivity index (χ1v) is 53.2. The van der Waals surface area contributed by atoms with E-state index in [1.807, 2.05) is 0 Å². The van der Waals surface area contributed by atoms with Crippen LogP contribution in [0.25, 0.3) is 0 Å². The topological polar surface area (TPSA) is 55.4 Å². The molecule has 0 fully saturated rings. The summed E-state index contributed by atoms with van der Waals surface area (Å²) in [5.41, 5.74) is 0. The molecule has 0 radical (unpaired) electrons. The van der Waals surface area contributed by atoms with Gasteiger partial charge in [-0.25, -0.2) is 0 Å². The summed E-state index contributed by atoms with van der Waals surface area (Å²) in [6, 6.07) is 0. The van der Waals surface area contributed by atoms with Crippen molar-refractivity contribution in [2.45, 2.75) is 120 Å². The molecule has 0 atom stereocenters. The first-order chi connectivity index (χ1) is 14.2. The van der Waals surface area contributed by atoms with E-state index in [0.717, 1.165) is 0 Å². The summed E-state index contributed by atoms with van der Waals surface area (Å²) in [6.07, 6.45) is -4.05. The van der Waals surface area contributed by atoms with Crippen LogP contribution in [0.4, 0.5) is 0 Å². The van der Waals surface area contributed by atoms with Gasteiger partial charge in [-0.2, -0.15) is 0 Å². The molecule has 0 unspecified atom stereocenters. The summed E-state index contributed by atoms with van der Waals surface area (Å²) in [6.45, 7) is 20.6. The van der Waals surface area contributed by atoms with Gasteiger partial charge in [0.05, 0.1) is 0 Å². The molecule has 0 saturated carbocycles. The first-order valence-electron chi connectivity index (χ1n) is 11.2. The van der Waals surface area contributed by atoms with Crippen LogP contribution in [0, 0.1) is 0 Å². The van der Waals surface area contributed by atoms with Crippen molar-refractivity contribution in [3.63, 3.8) is 0 Å². The molecule has 0 spiro atoms. The monoisotopic (exact) mass is 834 g/mol. The standard InChI is InChI=1S/6C3H7O.6ClH.3Zr/c6*1-3(2)4;;;;;;;;;/h6*3H,1-2H3;6*1H;;;/q6*-1;;;;;;;3*+4/p-6. The molecular formula is C18H42Cl6O6Zr3. The molecule has 0 aromatic heterocycles. The molecule has 6 nitrogen and oxygen atoms in total. The van der Waals surface area contributed by atoms with Crippen molar-refractivity contribution in [3.05, 3.63) is 0 Å². The zero-order valence-corrected chi connectivity index (χ0v) is 33.6. The van der Waals surface area contributed by atoms with Gasteiger partial charge in [0.1, 0.15) is 0 Å². The molecule has 0 rings (SSSR count). The minimum absolute atomic E-state index is 0.607. The van der Waals surface area contributed by atoms with Crippen molar-refractivity contribution in [3.8, 4) is 0 Å². The van der Waals surface area contributed by atoms with E-state index in [2.05, 4.69) is 0 Å². The van der Waals surface area contributed by atoms with Gasteiger partial charge in [0.25, 0.3) is 0 Å². The number of halogens is 6. The molecule has 0 aliphatic carbocycles. The summed E-state index contributed by atoms with van der Waals surface area (Å²) in [5, 5.41) is 0. The van der Waals surface area contributed by atoms with Gasteiger partial charge in [0.2, 0.25) is 0 Å². The Morgan fingerprint density at radius 3 is 0.758 bits per heavy atom. The Kier molecular flexibility index (Phi) is 12.6. The summed E-state index contributed by atoms with van der Waals surface area (Å²) in [7, 11) is 29.1. The molecule has 0 bridgehead atoms. The van der Waals surface area contributed by atoms with E-state index in [-0.39, 0.29) is 0 Å². The van der Waals surface area contributed by atoms with Crippen LogP contribution in [0.15, 0.2) is 0 Å². The maximum absolute atomic E-state index is 8.00. The predicted octanol–water partition coefficient (Wildman–Crippen LogP) is 9.38. The molecule has 15 heteroatoms. The van der Waals surface area contributed by atoms with Crippen LogP contribution in [0.5, 0.6) is 0 Å². The Bertz CT molecular complexity index is 631. The Labute approximate surface area is 215 Å². The second-order valence-corrected chi connectivity index (χ2v) is 167. The van der Waals surface area contributed by atoms with Crippen molar-refractivity contribution in [2.24, 2.45) is 0 Å². The normalized spacial score (nSPS) is 19.2. The Morgan fingerprint density at radius 2 is 0.636 bits per heavy atom. The summed E-state index contributed by atoms with van der Waals surface area (Å²) in [4.78, 5) is 0. The third kappa shape index (κ3) is 5.95. The summed E-state index contributed by atoms with van der Waals surface area (Å²) < 4.78 is 39.9. The second kappa shape index (κ2) is 11.2. The van der Waals surface area contributed by atoms with Gasteiger partial charge >= 0.3 is 219 Å². The van der Waals surface area contributed by atoms with E-state index in [1.54, 1.807) is 83.1 Å². The van der Waals surface area contributed by atoms with Crippen molar-refractivity contribution < 1.29 is 48.1 Å². The Balaban J connectivity index is 8.90. The predicted molar refractivity (Wildman–Crippen MR) is 132 cm³/mol. The molecule has 0 aliphatic heterocycles. The molecule has 204 valence electrons. The maximum atomic E-state index is 7.61. The van der Waals surface area contributed by atoms with E-state index in [0.29, 0.717) is 0 Å². The van der Waals surface area contributed by atoms with Crippen LogP contribution in [-0.2, 0) is 48.1 Å². The Morgan fingerprint density at radius 1 is 0.424 bits per heavy atom. The molecule has 0 N–H and O–H groups in total. The van der Waals surface area contributed by atoms with Crippen molar-refractivity contribution >= 4 is 51.1 Å². The zero-order chi connectivity index (χ0) is 27.0. The molecule has 0 amide bonds. The van der Waals surface area contributed by atoms with Crippen LogP contribution in [0.1, 0.15) is 83.1 Å². The van der Waals surface area contributed by atoms with Gasteiger partial charge < -0.3 is 0 Å². The van der Waals surface area contributed by atoms with Crippen LogP contribution in [-0.4, -0.2) is 36.6 Å². The van der Waals surface area contributed by atoms with Gasteiger partial charge in [-0.15, -0.1) is 0 Å². The van der Waals surface area contributed by atoms with Crippen molar-refractivity contribution in [2.75, 3.05) is 0 Å². The number of hydrogen-bond donors (Lipinski definition) is 0. The van der Waals surface area contributed by atoms with Gasteiger partial charge in [-0.1, -0.05) is 0 Å². The molecule has 0 aromatic rings. The van der Waals surface area contributed by atoms with Crippen molar-refractivity contribution in [1.29, 1.82) is 0 Å². The van der Waals surface area contributed by atoms with Crippen molar-refractivity contribution in [1.82, 2.24) is 0 Å². The molecular weight excluding hydrogens is 799 g/mol. The fourth-order valence-corrected chi connectivity index (χ4v) is 501. The fraction of sp³-hybridized carbons (Fsp3) is 1.00. The average molecular weight is 841 g/mol. The third-order valence-electron chi connectivity index (χ3n) is 4.50. The Hall–Kier alpha value is 4.15. The van der Waals surface area contributed by atoms with Gasteiger partial charge in [0, 0.05) is 0 Å². The van der Waals surface area contributed by atoms with Crippen LogP contribution in [0.3, 0.4) is 0 Å². The average Bonchev–Trinajstić information content (AvgIpc) is 2.37. The quantitative estimate of drug-likeness (QED) is 0.174. The van der Waals surface area contributed by atoms with Crippen LogP contribution < -0.4 is 0 Å². The van der Waals surface area contributed by atoms with Crippen LogP contribution in [0.2, 0.25) is 0 Å². The number of rotatable bonds is 14. The van der Waals surface area contributed by atoms with E-state index in [9.17, 15) is 0 Å². The summed E-state index contributed by atoms with van der Waals surface area (Å²) >= 11 is -6.92. The fourth-order valence-electron chi connectivity index (χ4n) is 4.35. The van der Waals surface area contributed by atoms with E-state index in [1.165, 1.54) is 0 Å². The SMILES string of the molecule is CC(C)[O][Zr]([Cl])([Cl])([O]C(C)C)[Zr]([O]C(C)C)([O]C(C)C)([O]C(C)C)([O]C(C)C)[Zr]([Cl])([Cl])([Cl])[Cl]. The van der Waals surface area contributed by atoms with E-state index in [4.69, 9.17) is 68.0 Å². The molecule has 33 heavy (non-hydrogen) atoms. The third-order valence-corrected chi connectivity index (χ3v) is 342. The van der Waals surface area contributed by atoms with Gasteiger partial charge in [-0.3, -0.25) is 0 Å². The minimum atomic E-state index is -8.00. The van der Waals surface area contributed by atoms with E-state index >= 15 is 0 Å². The molecule has 0 heterocycles. The zero-order valence-electron chi connectivity index (χ0n) is 21.7. The van der Waals surface area contributed by atoms with E-state index < -0.39 is 67.8 Å². The van der Waals surface area contributed by atoms with Crippen LogP contribution >= 0.6 is 51.1 Å². The van der Waals surface area contributed by atoms with Gasteiger partial charge in [-0.05, 0) is 0 Å². The molecule has 0 aromatic carbocycles. The molecule has 0 saturated heterocycles. The first kappa shape index (κ1) is 37.1. The van der Waals surface area contributed by atoms with Gasteiger partial charge in [0.15, 0.2) is 0 Å².